The Kier molecular flexibility index (Phi) is 4.66. The highest BCUT2D eigenvalue weighted by Crippen LogP contribution is 2.29. The van der Waals surface area contributed by atoms with Crippen LogP contribution in [0.3, 0.4) is 0 Å². The van der Waals surface area contributed by atoms with Crippen molar-refractivity contribution in [1.29, 1.82) is 0 Å². The van der Waals surface area contributed by atoms with Gasteiger partial charge in [0.05, 0.1) is 22.9 Å². The molecule has 150 valence electrons. The van der Waals surface area contributed by atoms with E-state index in [1.54, 1.807) is 18.7 Å². The van der Waals surface area contributed by atoms with E-state index in [4.69, 9.17) is 0 Å². The van der Waals surface area contributed by atoms with Crippen LogP contribution in [0.5, 0.6) is 0 Å². The summed E-state index contributed by atoms with van der Waals surface area (Å²) in [6.45, 7) is 5.60. The fourth-order valence-corrected chi connectivity index (χ4v) is 4.65. The molecule has 1 saturated heterocycles. The summed E-state index contributed by atoms with van der Waals surface area (Å²) in [5.74, 6) is 0.972. The number of piperazine rings is 1. The number of rotatable bonds is 3. The minimum Gasteiger partial charge on any atom is -0.368 e. The van der Waals surface area contributed by atoms with Crippen LogP contribution in [0.4, 0.5) is 11.5 Å². The Morgan fingerprint density at radius 2 is 1.66 bits per heavy atom. The van der Waals surface area contributed by atoms with Gasteiger partial charge in [-0.3, -0.25) is 14.3 Å². The number of hydrogen-bond donors (Lipinski definition) is 0. The Labute approximate surface area is 170 Å². The second kappa shape index (κ2) is 7.46. The van der Waals surface area contributed by atoms with Gasteiger partial charge in [0.15, 0.2) is 0 Å². The highest BCUT2D eigenvalue weighted by molar-refractivity contribution is 5.81. The molecule has 1 saturated carbocycles. The topological polar surface area (TPSA) is 67.2 Å². The van der Waals surface area contributed by atoms with Gasteiger partial charge in [0.2, 0.25) is 0 Å². The molecule has 0 bridgehead atoms. The van der Waals surface area contributed by atoms with E-state index >= 15 is 0 Å². The Bertz CT molecular complexity index is 1080. The summed E-state index contributed by atoms with van der Waals surface area (Å²) < 4.78 is 1.84. The van der Waals surface area contributed by atoms with Crippen molar-refractivity contribution in [2.75, 3.05) is 36.0 Å². The van der Waals surface area contributed by atoms with Gasteiger partial charge in [-0.15, -0.1) is 0 Å². The Balaban J connectivity index is 1.35. The molecule has 3 aromatic rings. The summed E-state index contributed by atoms with van der Waals surface area (Å²) in [7, 11) is 0. The van der Waals surface area contributed by atoms with Crippen LogP contribution >= 0.6 is 0 Å². The van der Waals surface area contributed by atoms with Gasteiger partial charge in [-0.25, -0.2) is 9.97 Å². The van der Waals surface area contributed by atoms with Crippen LogP contribution in [-0.2, 0) is 0 Å². The lowest BCUT2D eigenvalue weighted by Crippen LogP contribution is -2.47. The summed E-state index contributed by atoms with van der Waals surface area (Å²) >= 11 is 0. The predicted octanol–water partition coefficient (Wildman–Crippen LogP) is 2.94. The number of aromatic nitrogens is 4. The maximum Gasteiger partial charge on any atom is 0.261 e. The molecule has 7 nitrogen and oxygen atoms in total. The smallest absolute Gasteiger partial charge is 0.261 e. The molecule has 5 rings (SSSR count). The average molecular weight is 390 g/mol. The Morgan fingerprint density at radius 3 is 2.41 bits per heavy atom. The summed E-state index contributed by atoms with van der Waals surface area (Å²) in [5.41, 5.74) is 2.97. The van der Waals surface area contributed by atoms with Crippen LogP contribution < -0.4 is 15.4 Å². The Morgan fingerprint density at radius 1 is 0.931 bits per heavy atom. The van der Waals surface area contributed by atoms with Crippen molar-refractivity contribution in [3.63, 3.8) is 0 Å². The fraction of sp³-hybridized carbons (Fsp3) is 0.455. The first-order valence-corrected chi connectivity index (χ1v) is 10.5. The minimum absolute atomic E-state index is 0.0939. The summed E-state index contributed by atoms with van der Waals surface area (Å²) in [4.78, 5) is 31.0. The average Bonchev–Trinajstić information content (AvgIpc) is 3.29. The van der Waals surface area contributed by atoms with Gasteiger partial charge in [-0.2, -0.15) is 0 Å². The lowest BCUT2D eigenvalue weighted by Gasteiger charge is -2.37. The number of fused-ring (bicyclic) bond motifs is 1. The monoisotopic (exact) mass is 390 g/mol. The van der Waals surface area contributed by atoms with Crippen molar-refractivity contribution >= 4 is 22.4 Å². The minimum atomic E-state index is 0.0939. The molecule has 0 unspecified atom stereocenters. The van der Waals surface area contributed by atoms with Gasteiger partial charge in [0.25, 0.3) is 5.56 Å². The third-order valence-electron chi connectivity index (χ3n) is 6.29. The highest BCUT2D eigenvalue weighted by Gasteiger charge is 2.22. The SMILES string of the molecule is Cc1nccnc1N1CCN(c2ccc3c(=O)n(C4CCCC4)cnc3c2)CC1. The number of aryl methyl sites for hydroxylation is 1. The maximum atomic E-state index is 12.9. The van der Waals surface area contributed by atoms with Crippen molar-refractivity contribution in [3.8, 4) is 0 Å². The molecular formula is C22H26N6O. The molecule has 3 heterocycles. The maximum absolute atomic E-state index is 12.9. The van der Waals surface area contributed by atoms with Crippen molar-refractivity contribution in [3.05, 3.63) is 53.0 Å². The van der Waals surface area contributed by atoms with E-state index in [1.807, 2.05) is 17.6 Å². The third kappa shape index (κ3) is 3.34. The van der Waals surface area contributed by atoms with Gasteiger partial charge < -0.3 is 9.80 Å². The zero-order chi connectivity index (χ0) is 19.8. The molecule has 0 atom stereocenters. The predicted molar refractivity (Wildman–Crippen MR) is 115 cm³/mol. The molecule has 7 heteroatoms. The first-order valence-electron chi connectivity index (χ1n) is 10.5. The van der Waals surface area contributed by atoms with Crippen LogP contribution in [-0.4, -0.2) is 45.7 Å². The number of benzene rings is 1. The van der Waals surface area contributed by atoms with E-state index in [1.165, 1.54) is 12.8 Å². The van der Waals surface area contributed by atoms with Crippen molar-refractivity contribution in [1.82, 2.24) is 19.5 Å². The van der Waals surface area contributed by atoms with E-state index in [0.29, 0.717) is 6.04 Å². The summed E-state index contributed by atoms with van der Waals surface area (Å²) in [5, 5.41) is 0.719. The standard InChI is InChI=1S/C22H26N6O/c1-16-21(24-9-8-23-16)27-12-10-26(11-13-27)18-6-7-19-20(14-18)25-15-28(22(19)29)17-4-2-3-5-17/h6-9,14-15,17H,2-5,10-13H2,1H3. The second-order valence-corrected chi connectivity index (χ2v) is 8.04. The van der Waals surface area contributed by atoms with Crippen LogP contribution in [0, 0.1) is 6.92 Å². The van der Waals surface area contributed by atoms with Crippen molar-refractivity contribution in [2.45, 2.75) is 38.6 Å². The van der Waals surface area contributed by atoms with Gasteiger partial charge in [0.1, 0.15) is 5.82 Å². The summed E-state index contributed by atoms with van der Waals surface area (Å²) in [6, 6.07) is 6.38. The lowest BCUT2D eigenvalue weighted by molar-refractivity contribution is 0.499. The number of nitrogens with zero attached hydrogens (tertiary/aromatic N) is 6. The third-order valence-corrected chi connectivity index (χ3v) is 6.29. The van der Waals surface area contributed by atoms with E-state index in [0.717, 1.165) is 67.1 Å². The van der Waals surface area contributed by atoms with Gasteiger partial charge in [-0.05, 0) is 38.0 Å². The van der Waals surface area contributed by atoms with E-state index in [9.17, 15) is 4.79 Å². The lowest BCUT2D eigenvalue weighted by atomic mass is 10.1. The normalized spacial score (nSPS) is 18.0. The summed E-state index contributed by atoms with van der Waals surface area (Å²) in [6.07, 6.45) is 9.81. The first kappa shape index (κ1) is 18.1. The van der Waals surface area contributed by atoms with Crippen LogP contribution in [0.2, 0.25) is 0 Å². The quantitative estimate of drug-likeness (QED) is 0.685. The zero-order valence-electron chi connectivity index (χ0n) is 16.8. The van der Waals surface area contributed by atoms with Gasteiger partial charge >= 0.3 is 0 Å². The fourth-order valence-electron chi connectivity index (χ4n) is 4.65. The molecule has 1 aliphatic carbocycles. The van der Waals surface area contributed by atoms with Crippen LogP contribution in [0.1, 0.15) is 37.4 Å². The van der Waals surface area contributed by atoms with Crippen LogP contribution in [0.15, 0.2) is 41.7 Å². The first-order chi connectivity index (χ1) is 14.2. The molecule has 1 aliphatic heterocycles. The molecule has 0 N–H and O–H groups in total. The molecule has 2 aromatic heterocycles. The van der Waals surface area contributed by atoms with Gasteiger partial charge in [0, 0.05) is 50.3 Å². The van der Waals surface area contributed by atoms with Crippen molar-refractivity contribution < 1.29 is 0 Å². The Hall–Kier alpha value is -2.96. The highest BCUT2D eigenvalue weighted by atomic mass is 16.1. The molecule has 2 fully saturated rings. The molecule has 0 spiro atoms. The number of hydrogen-bond acceptors (Lipinski definition) is 6. The molecule has 0 radical (unpaired) electrons. The molecule has 0 amide bonds. The van der Waals surface area contributed by atoms with Crippen molar-refractivity contribution in [2.24, 2.45) is 0 Å². The van der Waals surface area contributed by atoms with E-state index in [2.05, 4.69) is 36.9 Å². The van der Waals surface area contributed by atoms with Gasteiger partial charge in [-0.1, -0.05) is 12.8 Å². The van der Waals surface area contributed by atoms with Crippen LogP contribution in [0.25, 0.3) is 10.9 Å². The zero-order valence-corrected chi connectivity index (χ0v) is 16.8. The second-order valence-electron chi connectivity index (χ2n) is 8.04. The van der Waals surface area contributed by atoms with E-state index in [-0.39, 0.29) is 5.56 Å². The molecular weight excluding hydrogens is 364 g/mol. The molecule has 1 aromatic carbocycles. The molecule has 2 aliphatic rings. The molecule has 29 heavy (non-hydrogen) atoms. The number of anilines is 2. The largest absolute Gasteiger partial charge is 0.368 e. The van der Waals surface area contributed by atoms with E-state index < -0.39 is 0 Å².